The molecule has 1 aromatic heterocycles. The number of hydrogen-bond acceptors (Lipinski definition) is 4. The normalized spacial score (nSPS) is 11.9. The van der Waals surface area contributed by atoms with Gasteiger partial charge in [0.1, 0.15) is 12.1 Å². The third-order valence-electron chi connectivity index (χ3n) is 3.31. The summed E-state index contributed by atoms with van der Waals surface area (Å²) in [4.78, 5) is 8.46. The average Bonchev–Trinajstić information content (AvgIpc) is 2.36. The van der Waals surface area contributed by atoms with E-state index >= 15 is 0 Å². The Morgan fingerprint density at radius 2 is 1.94 bits per heavy atom. The first kappa shape index (κ1) is 13.9. The van der Waals surface area contributed by atoms with E-state index in [0.29, 0.717) is 5.92 Å². The lowest BCUT2D eigenvalue weighted by molar-refractivity contribution is 0.418. The number of nitrogens with one attached hydrogen (secondary N) is 1. The van der Waals surface area contributed by atoms with Gasteiger partial charge in [-0.25, -0.2) is 9.97 Å². The van der Waals surface area contributed by atoms with Gasteiger partial charge in [0, 0.05) is 23.8 Å². The van der Waals surface area contributed by atoms with Gasteiger partial charge in [0.05, 0.1) is 0 Å². The molecule has 0 unspecified atom stereocenters. The Labute approximate surface area is 104 Å². The second-order valence-corrected chi connectivity index (χ2v) is 4.91. The first-order chi connectivity index (χ1) is 8.00. The van der Waals surface area contributed by atoms with Crippen molar-refractivity contribution in [3.63, 3.8) is 0 Å². The van der Waals surface area contributed by atoms with E-state index in [2.05, 4.69) is 43.0 Å². The van der Waals surface area contributed by atoms with Gasteiger partial charge in [0.2, 0.25) is 0 Å². The lowest BCUT2D eigenvalue weighted by atomic mass is 9.94. The summed E-state index contributed by atoms with van der Waals surface area (Å²) >= 11 is 0. The number of anilines is 1. The molecule has 0 aliphatic rings. The van der Waals surface area contributed by atoms with Crippen molar-refractivity contribution in [3.05, 3.63) is 18.1 Å². The van der Waals surface area contributed by atoms with E-state index in [9.17, 15) is 0 Å². The van der Waals surface area contributed by atoms with Crippen molar-refractivity contribution >= 4 is 5.82 Å². The molecule has 3 N–H and O–H groups in total. The zero-order valence-corrected chi connectivity index (χ0v) is 11.3. The molecule has 1 heterocycles. The summed E-state index contributed by atoms with van der Waals surface area (Å²) in [5.41, 5.74) is 7.14. The van der Waals surface area contributed by atoms with Gasteiger partial charge in [-0.1, -0.05) is 27.7 Å². The summed E-state index contributed by atoms with van der Waals surface area (Å²) in [6.45, 7) is 9.22. The smallest absolute Gasteiger partial charge is 0.129 e. The summed E-state index contributed by atoms with van der Waals surface area (Å²) in [6.07, 6.45) is 3.52. The number of nitrogens with two attached hydrogens (primary N) is 1. The molecule has 17 heavy (non-hydrogen) atoms. The molecule has 0 radical (unpaired) electrons. The van der Waals surface area contributed by atoms with Crippen LogP contribution in [0.25, 0.3) is 0 Å². The van der Waals surface area contributed by atoms with Gasteiger partial charge in [-0.2, -0.15) is 0 Å². The fraction of sp³-hybridized carbons (Fsp3) is 0.692. The fourth-order valence-electron chi connectivity index (χ4n) is 1.55. The van der Waals surface area contributed by atoms with Crippen LogP contribution in [0.4, 0.5) is 5.82 Å². The highest BCUT2D eigenvalue weighted by Crippen LogP contribution is 2.16. The molecule has 0 aliphatic carbocycles. The first-order valence-electron chi connectivity index (χ1n) is 6.35. The predicted octanol–water partition coefficient (Wildman–Crippen LogP) is 2.53. The maximum Gasteiger partial charge on any atom is 0.129 e. The summed E-state index contributed by atoms with van der Waals surface area (Å²) in [6, 6.07) is 2.00. The van der Waals surface area contributed by atoms with Crippen LogP contribution in [0.2, 0.25) is 0 Å². The van der Waals surface area contributed by atoms with E-state index in [0.717, 1.165) is 30.9 Å². The van der Waals surface area contributed by atoms with Crippen LogP contribution in [-0.2, 0) is 0 Å². The molecule has 0 amide bonds. The molecule has 0 saturated carbocycles. The highest BCUT2D eigenvalue weighted by Gasteiger charge is 2.19. The maximum absolute atomic E-state index is 6.24. The van der Waals surface area contributed by atoms with Crippen LogP contribution in [0.1, 0.15) is 52.1 Å². The van der Waals surface area contributed by atoms with Crippen molar-refractivity contribution in [2.24, 2.45) is 5.73 Å². The molecule has 1 aromatic rings. The fourth-order valence-corrected chi connectivity index (χ4v) is 1.55. The highest BCUT2D eigenvalue weighted by molar-refractivity contribution is 5.36. The molecule has 1 rings (SSSR count). The van der Waals surface area contributed by atoms with Crippen LogP contribution in [0.5, 0.6) is 0 Å². The quantitative estimate of drug-likeness (QED) is 0.796. The predicted molar refractivity (Wildman–Crippen MR) is 72.1 cm³/mol. The van der Waals surface area contributed by atoms with Crippen molar-refractivity contribution < 1.29 is 0 Å². The van der Waals surface area contributed by atoms with Crippen LogP contribution in [0.3, 0.4) is 0 Å². The lowest BCUT2D eigenvalue weighted by Gasteiger charge is -2.27. The summed E-state index contributed by atoms with van der Waals surface area (Å²) in [5, 5.41) is 3.31. The Morgan fingerprint density at radius 3 is 2.47 bits per heavy atom. The third kappa shape index (κ3) is 3.97. The number of hydrogen-bond donors (Lipinski definition) is 2. The van der Waals surface area contributed by atoms with Gasteiger partial charge < -0.3 is 11.1 Å². The zero-order valence-electron chi connectivity index (χ0n) is 11.3. The summed E-state index contributed by atoms with van der Waals surface area (Å²) < 4.78 is 0. The summed E-state index contributed by atoms with van der Waals surface area (Å²) in [7, 11) is 0. The van der Waals surface area contributed by atoms with Crippen LogP contribution in [-0.4, -0.2) is 22.1 Å². The summed E-state index contributed by atoms with van der Waals surface area (Å²) in [5.74, 6) is 1.28. The minimum atomic E-state index is -0.150. The molecule has 0 bridgehead atoms. The van der Waals surface area contributed by atoms with Gasteiger partial charge >= 0.3 is 0 Å². The Bertz CT molecular complexity index is 345. The Balaban J connectivity index is 2.66. The first-order valence-corrected chi connectivity index (χ1v) is 6.35. The number of aromatic nitrogens is 2. The molecule has 0 aromatic carbocycles. The molecular weight excluding hydrogens is 212 g/mol. The van der Waals surface area contributed by atoms with Crippen LogP contribution in [0.15, 0.2) is 12.4 Å². The van der Waals surface area contributed by atoms with E-state index in [1.54, 1.807) is 6.33 Å². The molecule has 0 spiro atoms. The second kappa shape index (κ2) is 5.96. The van der Waals surface area contributed by atoms with E-state index < -0.39 is 0 Å². The van der Waals surface area contributed by atoms with Crippen molar-refractivity contribution in [2.45, 2.75) is 52.0 Å². The molecule has 0 atom stereocenters. The topological polar surface area (TPSA) is 63.8 Å². The van der Waals surface area contributed by atoms with Gasteiger partial charge in [-0.3, -0.25) is 0 Å². The molecule has 4 nitrogen and oxygen atoms in total. The number of rotatable bonds is 6. The van der Waals surface area contributed by atoms with Crippen molar-refractivity contribution in [1.29, 1.82) is 0 Å². The van der Waals surface area contributed by atoms with Gasteiger partial charge in [0.25, 0.3) is 0 Å². The van der Waals surface area contributed by atoms with Crippen molar-refractivity contribution in [1.82, 2.24) is 9.97 Å². The van der Waals surface area contributed by atoms with Gasteiger partial charge in [-0.05, 0) is 18.8 Å². The number of nitrogens with zero attached hydrogens (tertiary/aromatic N) is 2. The lowest BCUT2D eigenvalue weighted by Crippen LogP contribution is -2.45. The Morgan fingerprint density at radius 1 is 1.29 bits per heavy atom. The Hall–Kier alpha value is -1.16. The van der Waals surface area contributed by atoms with Gasteiger partial charge in [0.15, 0.2) is 0 Å². The van der Waals surface area contributed by atoms with Gasteiger partial charge in [-0.15, -0.1) is 0 Å². The van der Waals surface area contributed by atoms with Crippen LogP contribution in [0, 0.1) is 0 Å². The standard InChI is InChI=1S/C13H24N4/c1-5-13(14,6-2)8-15-12-7-11(10(3)4)16-9-17-12/h7,9-10H,5-6,8,14H2,1-4H3,(H,15,16,17). The molecule has 0 aliphatic heterocycles. The van der Waals surface area contributed by atoms with E-state index in [4.69, 9.17) is 5.73 Å². The maximum atomic E-state index is 6.24. The van der Waals surface area contributed by atoms with Crippen molar-refractivity contribution in [2.75, 3.05) is 11.9 Å². The van der Waals surface area contributed by atoms with E-state index in [1.807, 2.05) is 6.07 Å². The molecular formula is C13H24N4. The SMILES string of the molecule is CCC(N)(CC)CNc1cc(C(C)C)ncn1. The molecule has 0 fully saturated rings. The van der Waals surface area contributed by atoms with E-state index in [-0.39, 0.29) is 5.54 Å². The molecule has 0 saturated heterocycles. The minimum absolute atomic E-state index is 0.150. The molecule has 96 valence electrons. The average molecular weight is 236 g/mol. The Kier molecular flexibility index (Phi) is 4.87. The van der Waals surface area contributed by atoms with Crippen LogP contribution < -0.4 is 11.1 Å². The monoisotopic (exact) mass is 236 g/mol. The minimum Gasteiger partial charge on any atom is -0.368 e. The second-order valence-electron chi connectivity index (χ2n) is 4.91. The molecule has 4 heteroatoms. The van der Waals surface area contributed by atoms with Crippen LogP contribution >= 0.6 is 0 Å². The van der Waals surface area contributed by atoms with E-state index in [1.165, 1.54) is 0 Å². The largest absolute Gasteiger partial charge is 0.368 e. The van der Waals surface area contributed by atoms with Crippen molar-refractivity contribution in [3.8, 4) is 0 Å². The highest BCUT2D eigenvalue weighted by atomic mass is 15.0. The zero-order chi connectivity index (χ0) is 12.9. The third-order valence-corrected chi connectivity index (χ3v) is 3.31.